The van der Waals surface area contributed by atoms with E-state index in [1.54, 1.807) is 15.9 Å². The van der Waals surface area contributed by atoms with Gasteiger partial charge in [0.15, 0.2) is 0 Å². The predicted octanol–water partition coefficient (Wildman–Crippen LogP) is 2.68. The normalized spacial score (nSPS) is 25.1. The van der Waals surface area contributed by atoms with Crippen molar-refractivity contribution in [3.63, 3.8) is 0 Å². The minimum atomic E-state index is -0.412. The van der Waals surface area contributed by atoms with Gasteiger partial charge in [-0.15, -0.1) is 0 Å². The van der Waals surface area contributed by atoms with Crippen molar-refractivity contribution in [2.24, 2.45) is 11.1 Å². The van der Waals surface area contributed by atoms with Crippen molar-refractivity contribution in [3.05, 3.63) is 23.3 Å². The van der Waals surface area contributed by atoms with E-state index in [-0.39, 0.29) is 17.4 Å². The zero-order valence-electron chi connectivity index (χ0n) is 14.8. The number of carbonyl (C=O) groups excluding carboxylic acids is 2. The zero-order valence-corrected chi connectivity index (χ0v) is 14.8. The summed E-state index contributed by atoms with van der Waals surface area (Å²) >= 11 is 0. The van der Waals surface area contributed by atoms with E-state index in [1.807, 2.05) is 13.0 Å². The van der Waals surface area contributed by atoms with Gasteiger partial charge in [0.05, 0.1) is 0 Å². The third-order valence-electron chi connectivity index (χ3n) is 5.16. The molecule has 1 saturated heterocycles. The minimum Gasteiger partial charge on any atom is -0.351 e. The Hall–Kier alpha value is -1.78. The van der Waals surface area contributed by atoms with Crippen molar-refractivity contribution in [2.75, 3.05) is 19.6 Å². The molecule has 3 amide bonds. The molecule has 5 heteroatoms. The maximum Gasteiger partial charge on any atom is 0.315 e. The quantitative estimate of drug-likeness (QED) is 0.795. The molecule has 0 aromatic carbocycles. The van der Waals surface area contributed by atoms with E-state index in [0.29, 0.717) is 19.6 Å². The van der Waals surface area contributed by atoms with Crippen LogP contribution < -0.4 is 5.73 Å². The Balaban J connectivity index is 2.04. The van der Waals surface area contributed by atoms with Crippen LogP contribution in [0.15, 0.2) is 23.3 Å². The smallest absolute Gasteiger partial charge is 0.315 e. The van der Waals surface area contributed by atoms with Crippen LogP contribution in [0, 0.1) is 5.41 Å². The molecule has 1 aliphatic heterocycles. The Morgan fingerprint density at radius 3 is 2.57 bits per heavy atom. The maximum atomic E-state index is 12.5. The van der Waals surface area contributed by atoms with Crippen molar-refractivity contribution < 1.29 is 9.59 Å². The van der Waals surface area contributed by atoms with Gasteiger partial charge >= 0.3 is 6.03 Å². The summed E-state index contributed by atoms with van der Waals surface area (Å²) in [6, 6.07) is -0.449. The van der Waals surface area contributed by atoms with Crippen LogP contribution in [0.25, 0.3) is 0 Å². The number of nitrogens with zero attached hydrogens (tertiary/aromatic N) is 2. The van der Waals surface area contributed by atoms with Crippen molar-refractivity contribution >= 4 is 11.9 Å². The van der Waals surface area contributed by atoms with Gasteiger partial charge in [0.2, 0.25) is 5.91 Å². The lowest BCUT2D eigenvalue weighted by atomic mass is 9.72. The minimum absolute atomic E-state index is 0.0163. The van der Waals surface area contributed by atoms with Gasteiger partial charge in [-0.25, -0.2) is 4.79 Å². The van der Waals surface area contributed by atoms with Crippen molar-refractivity contribution in [1.29, 1.82) is 0 Å². The summed E-state index contributed by atoms with van der Waals surface area (Å²) in [4.78, 5) is 27.2. The van der Waals surface area contributed by atoms with Crippen molar-refractivity contribution in [1.82, 2.24) is 9.80 Å². The Labute approximate surface area is 139 Å². The molecule has 1 aliphatic carbocycles. The molecule has 5 nitrogen and oxygen atoms in total. The summed E-state index contributed by atoms with van der Waals surface area (Å²) in [6.07, 6.45) is 7.19. The maximum absolute atomic E-state index is 12.5. The van der Waals surface area contributed by atoms with E-state index in [9.17, 15) is 9.59 Å². The van der Waals surface area contributed by atoms with E-state index < -0.39 is 6.03 Å². The van der Waals surface area contributed by atoms with Gasteiger partial charge in [-0.1, -0.05) is 25.5 Å². The molecule has 1 heterocycles. The predicted molar refractivity (Wildman–Crippen MR) is 91.8 cm³/mol. The molecule has 1 fully saturated rings. The summed E-state index contributed by atoms with van der Waals surface area (Å²) < 4.78 is 0. The molecular weight excluding hydrogens is 290 g/mol. The number of primary amides is 1. The second-order valence-electron chi connectivity index (χ2n) is 7.43. The van der Waals surface area contributed by atoms with Crippen molar-refractivity contribution in [3.8, 4) is 0 Å². The van der Waals surface area contributed by atoms with E-state index in [4.69, 9.17) is 5.73 Å². The first-order valence-electron chi connectivity index (χ1n) is 8.45. The number of hydrogen-bond donors (Lipinski definition) is 1. The SMILES string of the molecule is CC1=C(C=CC(=O)N2CCN(C(N)=O)C(C)C2)C(C)(C)CCC1. The van der Waals surface area contributed by atoms with Crippen LogP contribution in [0.5, 0.6) is 0 Å². The molecule has 128 valence electrons. The first kappa shape index (κ1) is 17.6. The highest BCUT2D eigenvalue weighted by atomic mass is 16.2. The van der Waals surface area contributed by atoms with Gasteiger partial charge in [-0.2, -0.15) is 0 Å². The van der Waals surface area contributed by atoms with Gasteiger partial charge in [-0.3, -0.25) is 4.79 Å². The molecular formula is C18H29N3O2. The third-order valence-corrected chi connectivity index (χ3v) is 5.16. The summed E-state index contributed by atoms with van der Waals surface area (Å²) in [6.45, 7) is 10.2. The van der Waals surface area contributed by atoms with Crippen LogP contribution in [0.4, 0.5) is 4.79 Å². The number of urea groups is 1. The number of allylic oxidation sites excluding steroid dienone is 3. The number of rotatable bonds is 2. The zero-order chi connectivity index (χ0) is 17.2. The number of carbonyl (C=O) groups is 2. The Morgan fingerprint density at radius 2 is 2.00 bits per heavy atom. The number of hydrogen-bond acceptors (Lipinski definition) is 2. The topological polar surface area (TPSA) is 66.6 Å². The van der Waals surface area contributed by atoms with E-state index in [2.05, 4.69) is 20.8 Å². The Morgan fingerprint density at radius 1 is 1.30 bits per heavy atom. The Kier molecular flexibility index (Phi) is 5.17. The highest BCUT2D eigenvalue weighted by molar-refractivity contribution is 5.88. The summed E-state index contributed by atoms with van der Waals surface area (Å²) in [5, 5.41) is 0. The molecule has 0 bridgehead atoms. The molecule has 0 aromatic heterocycles. The highest BCUT2D eigenvalue weighted by Crippen LogP contribution is 2.40. The Bertz CT molecular complexity index is 548. The third kappa shape index (κ3) is 3.95. The number of piperazine rings is 1. The molecule has 0 aromatic rings. The fraction of sp³-hybridized carbons (Fsp3) is 0.667. The largest absolute Gasteiger partial charge is 0.351 e. The van der Waals surface area contributed by atoms with Gasteiger partial charge < -0.3 is 15.5 Å². The first-order chi connectivity index (χ1) is 10.7. The molecule has 2 N–H and O–H groups in total. The molecule has 2 rings (SSSR count). The highest BCUT2D eigenvalue weighted by Gasteiger charge is 2.29. The van der Waals surface area contributed by atoms with Crippen LogP contribution in [-0.2, 0) is 4.79 Å². The van der Waals surface area contributed by atoms with Crippen LogP contribution in [0.1, 0.15) is 47.0 Å². The van der Waals surface area contributed by atoms with E-state index in [1.165, 1.54) is 17.6 Å². The standard InChI is InChI=1S/C18H29N3O2/c1-13-6-5-9-18(3,4)15(13)7-8-16(22)20-10-11-21(17(19)23)14(2)12-20/h7-8,14H,5-6,9-12H2,1-4H3,(H2,19,23). The number of nitrogens with two attached hydrogens (primary N) is 1. The molecule has 2 aliphatic rings. The molecule has 1 atom stereocenters. The van der Waals surface area contributed by atoms with E-state index >= 15 is 0 Å². The van der Waals surface area contributed by atoms with Crippen molar-refractivity contribution in [2.45, 2.75) is 53.0 Å². The fourth-order valence-electron chi connectivity index (χ4n) is 3.76. The van der Waals surface area contributed by atoms with Crippen LogP contribution in [-0.4, -0.2) is 47.4 Å². The van der Waals surface area contributed by atoms with Crippen LogP contribution >= 0.6 is 0 Å². The van der Waals surface area contributed by atoms with Gasteiger partial charge in [0.1, 0.15) is 0 Å². The average molecular weight is 319 g/mol. The average Bonchev–Trinajstić information content (AvgIpc) is 2.45. The summed E-state index contributed by atoms with van der Waals surface area (Å²) in [5.41, 5.74) is 8.16. The molecule has 1 unspecified atom stereocenters. The summed E-state index contributed by atoms with van der Waals surface area (Å²) in [7, 11) is 0. The van der Waals surface area contributed by atoms with Crippen LogP contribution in [0.3, 0.4) is 0 Å². The van der Waals surface area contributed by atoms with Crippen LogP contribution in [0.2, 0.25) is 0 Å². The summed E-state index contributed by atoms with van der Waals surface area (Å²) in [5.74, 6) is 0.0163. The van der Waals surface area contributed by atoms with Gasteiger partial charge in [0.25, 0.3) is 0 Å². The second-order valence-corrected chi connectivity index (χ2v) is 7.43. The molecule has 0 radical (unpaired) electrons. The van der Waals surface area contributed by atoms with E-state index in [0.717, 1.165) is 12.8 Å². The molecule has 0 spiro atoms. The molecule has 23 heavy (non-hydrogen) atoms. The lowest BCUT2D eigenvalue weighted by Gasteiger charge is -2.38. The monoisotopic (exact) mass is 319 g/mol. The lowest BCUT2D eigenvalue weighted by molar-refractivity contribution is -0.128. The number of amides is 3. The fourth-order valence-corrected chi connectivity index (χ4v) is 3.76. The second kappa shape index (κ2) is 6.77. The molecule has 0 saturated carbocycles. The van der Waals surface area contributed by atoms with Gasteiger partial charge in [-0.05, 0) is 44.1 Å². The first-order valence-corrected chi connectivity index (χ1v) is 8.45. The lowest BCUT2D eigenvalue weighted by Crippen LogP contribution is -2.56. The van der Waals surface area contributed by atoms with Gasteiger partial charge in [0, 0.05) is 31.8 Å².